The van der Waals surface area contributed by atoms with E-state index in [0.29, 0.717) is 16.2 Å². The van der Waals surface area contributed by atoms with Gasteiger partial charge in [0.25, 0.3) is 0 Å². The summed E-state index contributed by atoms with van der Waals surface area (Å²) >= 11 is 5.60. The molecule has 0 fully saturated rings. The van der Waals surface area contributed by atoms with Gasteiger partial charge >= 0.3 is 0 Å². The lowest BCUT2D eigenvalue weighted by Gasteiger charge is -2.07. The molecule has 0 amide bonds. The van der Waals surface area contributed by atoms with Gasteiger partial charge in [0, 0.05) is 11.3 Å². The van der Waals surface area contributed by atoms with Crippen molar-refractivity contribution in [3.63, 3.8) is 0 Å². The minimum atomic E-state index is -0.137. The largest absolute Gasteiger partial charge is 0.294 e. The van der Waals surface area contributed by atoms with Crippen LogP contribution in [0.4, 0.5) is 0 Å². The molecule has 0 aliphatic rings. The first kappa shape index (κ1) is 14.0. The third-order valence-corrected chi connectivity index (χ3v) is 4.10. The lowest BCUT2D eigenvalue weighted by molar-refractivity contribution is 0.0896. The number of carbonyl (C=O) groups is 2. The lowest BCUT2D eigenvalue weighted by Crippen LogP contribution is -2.09. The number of carbonyl (C=O) groups excluding carboxylic acids is 2. The second-order valence-electron chi connectivity index (χ2n) is 4.32. The summed E-state index contributed by atoms with van der Waals surface area (Å²) in [6.45, 7) is 1.97. The maximum atomic E-state index is 12.2. The van der Waals surface area contributed by atoms with E-state index >= 15 is 0 Å². The number of benzene rings is 1. The first-order valence-electron chi connectivity index (χ1n) is 5.92. The number of thiophene rings is 1. The first-order chi connectivity index (χ1) is 9.11. The average Bonchev–Trinajstić information content (AvgIpc) is 2.92. The first-order valence-corrected chi connectivity index (χ1v) is 7.43. The Labute approximate surface area is 121 Å². The van der Waals surface area contributed by atoms with Crippen LogP contribution in [0.15, 0.2) is 35.7 Å². The van der Waals surface area contributed by atoms with Gasteiger partial charge in [0.2, 0.25) is 0 Å². The molecule has 2 aromatic rings. The highest BCUT2D eigenvalue weighted by Crippen LogP contribution is 2.18. The number of rotatable bonds is 5. The SMILES string of the molecule is Cc1ccc(C(=O)CC(=O)c2cccs2)c(CS)c1. The molecule has 0 N–H and O–H groups in total. The summed E-state index contributed by atoms with van der Waals surface area (Å²) in [5, 5.41) is 1.84. The Morgan fingerprint density at radius 2 is 2.00 bits per heavy atom. The van der Waals surface area contributed by atoms with Gasteiger partial charge in [-0.15, -0.1) is 11.3 Å². The van der Waals surface area contributed by atoms with Gasteiger partial charge in [0.15, 0.2) is 11.6 Å². The van der Waals surface area contributed by atoms with Crippen LogP contribution in [0.3, 0.4) is 0 Å². The highest BCUT2D eigenvalue weighted by atomic mass is 32.1. The van der Waals surface area contributed by atoms with E-state index in [-0.39, 0.29) is 18.0 Å². The molecule has 4 heteroatoms. The van der Waals surface area contributed by atoms with Crippen molar-refractivity contribution < 1.29 is 9.59 Å². The van der Waals surface area contributed by atoms with Gasteiger partial charge < -0.3 is 0 Å². The van der Waals surface area contributed by atoms with Crippen LogP contribution in [-0.2, 0) is 5.75 Å². The Kier molecular flexibility index (Phi) is 4.56. The van der Waals surface area contributed by atoms with Crippen LogP contribution in [0.5, 0.6) is 0 Å². The number of hydrogen-bond donors (Lipinski definition) is 1. The quantitative estimate of drug-likeness (QED) is 0.514. The molecule has 98 valence electrons. The molecule has 0 aliphatic carbocycles. The maximum Gasteiger partial charge on any atom is 0.180 e. The van der Waals surface area contributed by atoms with Crippen LogP contribution < -0.4 is 0 Å². The highest BCUT2D eigenvalue weighted by Gasteiger charge is 2.16. The van der Waals surface area contributed by atoms with Crippen molar-refractivity contribution in [1.29, 1.82) is 0 Å². The van der Waals surface area contributed by atoms with E-state index in [1.807, 2.05) is 30.5 Å². The van der Waals surface area contributed by atoms with Crippen LogP contribution in [0.1, 0.15) is 37.6 Å². The molecule has 0 unspecified atom stereocenters. The molecule has 1 aromatic carbocycles. The predicted octanol–water partition coefficient (Wildman–Crippen LogP) is 3.94. The smallest absolute Gasteiger partial charge is 0.180 e. The van der Waals surface area contributed by atoms with Gasteiger partial charge in [0.1, 0.15) is 0 Å². The Hall–Kier alpha value is -1.39. The van der Waals surface area contributed by atoms with Crippen LogP contribution in [0.2, 0.25) is 0 Å². The predicted molar refractivity (Wildman–Crippen MR) is 81.5 cm³/mol. The summed E-state index contributed by atoms with van der Waals surface area (Å²) in [5.41, 5.74) is 2.57. The van der Waals surface area contributed by atoms with Crippen molar-refractivity contribution in [3.8, 4) is 0 Å². The van der Waals surface area contributed by atoms with E-state index in [9.17, 15) is 9.59 Å². The molecule has 0 radical (unpaired) electrons. The van der Waals surface area contributed by atoms with E-state index in [1.165, 1.54) is 11.3 Å². The van der Waals surface area contributed by atoms with Gasteiger partial charge in [-0.1, -0.05) is 29.8 Å². The van der Waals surface area contributed by atoms with Gasteiger partial charge in [-0.2, -0.15) is 12.6 Å². The summed E-state index contributed by atoms with van der Waals surface area (Å²) in [5.74, 6) is 0.240. The summed E-state index contributed by atoms with van der Waals surface area (Å²) < 4.78 is 0. The zero-order chi connectivity index (χ0) is 13.8. The summed E-state index contributed by atoms with van der Waals surface area (Å²) in [7, 11) is 0. The van der Waals surface area contributed by atoms with Crippen molar-refractivity contribution >= 4 is 35.5 Å². The Balaban J connectivity index is 2.18. The molecule has 0 bridgehead atoms. The summed E-state index contributed by atoms with van der Waals surface area (Å²) in [6.07, 6.45) is -0.0790. The molecule has 2 nitrogen and oxygen atoms in total. The van der Waals surface area contributed by atoms with Gasteiger partial charge in [-0.3, -0.25) is 9.59 Å². The number of hydrogen-bond acceptors (Lipinski definition) is 4. The average molecular weight is 290 g/mol. The molecule has 2 rings (SSSR count). The Morgan fingerprint density at radius 1 is 1.21 bits per heavy atom. The molecule has 0 aliphatic heterocycles. The van der Waals surface area contributed by atoms with E-state index < -0.39 is 0 Å². The number of Topliss-reactive ketones (excluding diaryl/α,β-unsaturated/α-hetero) is 2. The molecule has 0 saturated heterocycles. The van der Waals surface area contributed by atoms with Crippen molar-refractivity contribution in [2.75, 3.05) is 0 Å². The molecular weight excluding hydrogens is 276 g/mol. The fourth-order valence-corrected chi connectivity index (χ4v) is 2.82. The van der Waals surface area contributed by atoms with E-state index in [1.54, 1.807) is 12.1 Å². The van der Waals surface area contributed by atoms with Crippen LogP contribution in [0, 0.1) is 6.92 Å². The van der Waals surface area contributed by atoms with Gasteiger partial charge in [0.05, 0.1) is 11.3 Å². The van der Waals surface area contributed by atoms with E-state index in [0.717, 1.165) is 11.1 Å². The molecule has 0 atom stereocenters. The number of aryl methyl sites for hydroxylation is 1. The zero-order valence-electron chi connectivity index (χ0n) is 10.6. The monoisotopic (exact) mass is 290 g/mol. The van der Waals surface area contributed by atoms with Crippen molar-refractivity contribution in [3.05, 3.63) is 57.3 Å². The normalized spacial score (nSPS) is 10.4. The minimum Gasteiger partial charge on any atom is -0.294 e. The summed E-state index contributed by atoms with van der Waals surface area (Å²) in [4.78, 5) is 24.8. The topological polar surface area (TPSA) is 34.1 Å². The Morgan fingerprint density at radius 3 is 2.63 bits per heavy atom. The van der Waals surface area contributed by atoms with Gasteiger partial charge in [-0.05, 0) is 23.9 Å². The van der Waals surface area contributed by atoms with Crippen LogP contribution in [-0.4, -0.2) is 11.6 Å². The third-order valence-electron chi connectivity index (χ3n) is 2.85. The number of ketones is 2. The Bertz CT molecular complexity index is 601. The second-order valence-corrected chi connectivity index (χ2v) is 5.58. The molecule has 1 aromatic heterocycles. The zero-order valence-corrected chi connectivity index (χ0v) is 12.3. The van der Waals surface area contributed by atoms with E-state index in [4.69, 9.17) is 0 Å². The fourth-order valence-electron chi connectivity index (χ4n) is 1.89. The number of thiol groups is 1. The summed E-state index contributed by atoms with van der Waals surface area (Å²) in [6, 6.07) is 9.17. The third kappa shape index (κ3) is 3.33. The fraction of sp³-hybridized carbons (Fsp3) is 0.200. The van der Waals surface area contributed by atoms with Crippen molar-refractivity contribution in [2.45, 2.75) is 19.1 Å². The van der Waals surface area contributed by atoms with Crippen LogP contribution in [0.25, 0.3) is 0 Å². The molecule has 1 heterocycles. The van der Waals surface area contributed by atoms with Crippen molar-refractivity contribution in [2.24, 2.45) is 0 Å². The molecule has 19 heavy (non-hydrogen) atoms. The molecular formula is C15H14O2S2. The molecule has 0 spiro atoms. The second kappa shape index (κ2) is 6.17. The highest BCUT2D eigenvalue weighted by molar-refractivity contribution is 7.79. The van der Waals surface area contributed by atoms with E-state index in [2.05, 4.69) is 12.6 Å². The van der Waals surface area contributed by atoms with Crippen LogP contribution >= 0.6 is 24.0 Å². The van der Waals surface area contributed by atoms with Crippen molar-refractivity contribution in [1.82, 2.24) is 0 Å². The van der Waals surface area contributed by atoms with Gasteiger partial charge in [-0.25, -0.2) is 0 Å². The standard InChI is InChI=1S/C15H14O2S2/c1-10-4-5-12(11(7-10)9-18)13(16)8-14(17)15-3-2-6-19-15/h2-7,18H,8-9H2,1H3. The lowest BCUT2D eigenvalue weighted by atomic mass is 9.99. The minimum absolute atomic E-state index is 0.0790. The maximum absolute atomic E-state index is 12.2. The molecule has 0 saturated carbocycles.